The zero-order chi connectivity index (χ0) is 12.4. The Morgan fingerprint density at radius 2 is 2.44 bits per heavy atom. The van der Waals surface area contributed by atoms with Crippen molar-refractivity contribution in [2.24, 2.45) is 5.92 Å². The van der Waals surface area contributed by atoms with Gasteiger partial charge in [-0.05, 0) is 37.6 Å². The Bertz CT molecular complexity index is 557. The quantitative estimate of drug-likeness (QED) is 0.751. The number of carbonyl (C=O) groups is 1. The molecule has 3 N–H and O–H groups in total. The van der Waals surface area contributed by atoms with Crippen LogP contribution in [-0.2, 0) is 0 Å². The number of benzene rings is 1. The third-order valence-electron chi connectivity index (χ3n) is 3.42. The smallest absolute Gasteiger partial charge is 0.251 e. The molecule has 1 atom stereocenters. The van der Waals surface area contributed by atoms with E-state index in [2.05, 4.69) is 20.8 Å². The van der Waals surface area contributed by atoms with E-state index >= 15 is 0 Å². The number of aromatic nitrogens is 2. The van der Waals surface area contributed by atoms with Crippen molar-refractivity contribution in [1.29, 1.82) is 0 Å². The zero-order valence-electron chi connectivity index (χ0n) is 10.1. The Kier molecular flexibility index (Phi) is 2.98. The third kappa shape index (κ3) is 2.22. The van der Waals surface area contributed by atoms with Gasteiger partial charge in [-0.2, -0.15) is 5.10 Å². The molecule has 2 aromatic rings. The number of rotatable bonds is 3. The van der Waals surface area contributed by atoms with Crippen LogP contribution in [0.15, 0.2) is 24.4 Å². The molecule has 5 heteroatoms. The topological polar surface area (TPSA) is 69.8 Å². The average Bonchev–Trinajstić information content (AvgIpc) is 3.05. The summed E-state index contributed by atoms with van der Waals surface area (Å²) in [5.74, 6) is 0.545. The number of hydrogen-bond acceptors (Lipinski definition) is 3. The van der Waals surface area contributed by atoms with Gasteiger partial charge in [-0.15, -0.1) is 0 Å². The van der Waals surface area contributed by atoms with Gasteiger partial charge in [0.15, 0.2) is 0 Å². The predicted octanol–water partition coefficient (Wildman–Crippen LogP) is 0.902. The fourth-order valence-corrected chi connectivity index (χ4v) is 2.31. The minimum Gasteiger partial charge on any atom is -0.352 e. The van der Waals surface area contributed by atoms with Crippen LogP contribution in [0, 0.1) is 5.92 Å². The largest absolute Gasteiger partial charge is 0.352 e. The highest BCUT2D eigenvalue weighted by Gasteiger charge is 2.15. The van der Waals surface area contributed by atoms with Gasteiger partial charge in [0.2, 0.25) is 0 Å². The molecule has 5 nitrogen and oxygen atoms in total. The van der Waals surface area contributed by atoms with Gasteiger partial charge < -0.3 is 10.6 Å². The molecular formula is C13H16N4O. The summed E-state index contributed by atoms with van der Waals surface area (Å²) in [5, 5.41) is 14.1. The lowest BCUT2D eigenvalue weighted by atomic mass is 10.1. The standard InChI is InChI=1S/C13H16N4O/c18-13(15-7-9-3-4-14-6-9)10-1-2-11-8-16-17-12(11)5-10/h1-2,5,8-9,14H,3-4,6-7H2,(H,15,18)(H,16,17). The van der Waals surface area contributed by atoms with Gasteiger partial charge in [0.25, 0.3) is 5.91 Å². The van der Waals surface area contributed by atoms with E-state index in [9.17, 15) is 4.79 Å². The molecule has 1 aliphatic heterocycles. The molecular weight excluding hydrogens is 228 g/mol. The number of nitrogens with zero attached hydrogens (tertiary/aromatic N) is 1. The molecule has 0 spiro atoms. The van der Waals surface area contributed by atoms with Gasteiger partial charge in [-0.1, -0.05) is 6.07 Å². The first-order chi connectivity index (χ1) is 8.83. The van der Waals surface area contributed by atoms with Crippen LogP contribution in [0.2, 0.25) is 0 Å². The molecule has 18 heavy (non-hydrogen) atoms. The lowest BCUT2D eigenvalue weighted by Crippen LogP contribution is -2.30. The maximum atomic E-state index is 12.0. The van der Waals surface area contributed by atoms with Gasteiger partial charge in [-0.25, -0.2) is 0 Å². The van der Waals surface area contributed by atoms with Crippen molar-refractivity contribution < 1.29 is 4.79 Å². The fraction of sp³-hybridized carbons (Fsp3) is 0.385. The maximum Gasteiger partial charge on any atom is 0.251 e. The van der Waals surface area contributed by atoms with Crippen molar-refractivity contribution >= 4 is 16.8 Å². The molecule has 1 amide bonds. The van der Waals surface area contributed by atoms with E-state index in [4.69, 9.17) is 0 Å². The lowest BCUT2D eigenvalue weighted by molar-refractivity contribution is 0.0948. The molecule has 1 fully saturated rings. The van der Waals surface area contributed by atoms with Crippen LogP contribution < -0.4 is 10.6 Å². The molecule has 0 aliphatic carbocycles. The summed E-state index contributed by atoms with van der Waals surface area (Å²) in [6.07, 6.45) is 2.89. The predicted molar refractivity (Wildman–Crippen MR) is 69.4 cm³/mol. The lowest BCUT2D eigenvalue weighted by Gasteiger charge is -2.10. The third-order valence-corrected chi connectivity index (χ3v) is 3.42. The van der Waals surface area contributed by atoms with Crippen LogP contribution in [0.25, 0.3) is 10.9 Å². The van der Waals surface area contributed by atoms with E-state index in [1.54, 1.807) is 6.20 Å². The molecule has 2 heterocycles. The van der Waals surface area contributed by atoms with E-state index in [1.165, 1.54) is 0 Å². The first-order valence-electron chi connectivity index (χ1n) is 6.25. The van der Waals surface area contributed by atoms with Crippen LogP contribution in [0.4, 0.5) is 0 Å². The van der Waals surface area contributed by atoms with Gasteiger partial charge in [0.05, 0.1) is 11.7 Å². The summed E-state index contributed by atoms with van der Waals surface area (Å²) >= 11 is 0. The van der Waals surface area contributed by atoms with E-state index in [0.29, 0.717) is 11.5 Å². The summed E-state index contributed by atoms with van der Waals surface area (Å²) < 4.78 is 0. The van der Waals surface area contributed by atoms with Crippen molar-refractivity contribution in [3.8, 4) is 0 Å². The molecule has 1 aliphatic rings. The number of nitrogens with one attached hydrogen (secondary N) is 3. The monoisotopic (exact) mass is 244 g/mol. The summed E-state index contributed by atoms with van der Waals surface area (Å²) in [5.41, 5.74) is 1.57. The van der Waals surface area contributed by atoms with E-state index in [-0.39, 0.29) is 5.91 Å². The number of amides is 1. The highest BCUT2D eigenvalue weighted by atomic mass is 16.1. The van der Waals surface area contributed by atoms with Crippen molar-refractivity contribution in [1.82, 2.24) is 20.8 Å². The van der Waals surface area contributed by atoms with Crippen molar-refractivity contribution in [2.75, 3.05) is 19.6 Å². The molecule has 1 aromatic heterocycles. The number of aromatic amines is 1. The van der Waals surface area contributed by atoms with Gasteiger partial charge >= 0.3 is 0 Å². The number of hydrogen-bond donors (Lipinski definition) is 3. The molecule has 1 saturated heterocycles. The molecule has 3 rings (SSSR count). The minimum atomic E-state index is -0.0154. The first kappa shape index (κ1) is 11.2. The molecule has 1 unspecified atom stereocenters. The molecule has 1 aromatic carbocycles. The summed E-state index contributed by atoms with van der Waals surface area (Å²) in [7, 11) is 0. The van der Waals surface area contributed by atoms with Gasteiger partial charge in [0, 0.05) is 17.5 Å². The number of fused-ring (bicyclic) bond motifs is 1. The van der Waals surface area contributed by atoms with Crippen LogP contribution in [-0.4, -0.2) is 35.7 Å². The zero-order valence-corrected chi connectivity index (χ0v) is 10.1. The summed E-state index contributed by atoms with van der Waals surface area (Å²) in [6.45, 7) is 2.80. The SMILES string of the molecule is O=C(NCC1CCNC1)c1ccc2cn[nH]c2c1. The maximum absolute atomic E-state index is 12.0. The average molecular weight is 244 g/mol. The first-order valence-corrected chi connectivity index (χ1v) is 6.25. The van der Waals surface area contributed by atoms with Crippen LogP contribution in [0.3, 0.4) is 0 Å². The number of carbonyl (C=O) groups excluding carboxylic acids is 1. The van der Waals surface area contributed by atoms with Crippen molar-refractivity contribution in [3.63, 3.8) is 0 Å². The second kappa shape index (κ2) is 4.78. The van der Waals surface area contributed by atoms with Gasteiger partial charge in [-0.3, -0.25) is 9.89 Å². The Morgan fingerprint density at radius 3 is 3.28 bits per heavy atom. The van der Waals surface area contributed by atoms with E-state index in [1.807, 2.05) is 18.2 Å². The molecule has 0 radical (unpaired) electrons. The number of H-pyrrole nitrogens is 1. The molecule has 0 bridgehead atoms. The normalized spacial score (nSPS) is 19.2. The molecule has 0 saturated carbocycles. The van der Waals surface area contributed by atoms with E-state index in [0.717, 1.165) is 37.0 Å². The van der Waals surface area contributed by atoms with Crippen LogP contribution >= 0.6 is 0 Å². The van der Waals surface area contributed by atoms with Crippen LogP contribution in [0.1, 0.15) is 16.8 Å². The van der Waals surface area contributed by atoms with Crippen molar-refractivity contribution in [2.45, 2.75) is 6.42 Å². The summed E-state index contributed by atoms with van der Waals surface area (Å²) in [6, 6.07) is 5.58. The highest BCUT2D eigenvalue weighted by molar-refractivity contribution is 5.97. The van der Waals surface area contributed by atoms with E-state index < -0.39 is 0 Å². The second-order valence-electron chi connectivity index (χ2n) is 4.74. The summed E-state index contributed by atoms with van der Waals surface area (Å²) in [4.78, 5) is 12.0. The highest BCUT2D eigenvalue weighted by Crippen LogP contribution is 2.13. The Hall–Kier alpha value is -1.88. The minimum absolute atomic E-state index is 0.0154. The fourth-order valence-electron chi connectivity index (χ4n) is 2.31. The van der Waals surface area contributed by atoms with Crippen LogP contribution in [0.5, 0.6) is 0 Å². The van der Waals surface area contributed by atoms with Crippen molar-refractivity contribution in [3.05, 3.63) is 30.0 Å². The Balaban J connectivity index is 1.67. The Labute approximate surface area is 105 Å². The van der Waals surface area contributed by atoms with Gasteiger partial charge in [0.1, 0.15) is 0 Å². The Morgan fingerprint density at radius 1 is 1.50 bits per heavy atom. The second-order valence-corrected chi connectivity index (χ2v) is 4.74. The molecule has 94 valence electrons.